The first-order chi connectivity index (χ1) is 16.6. The van der Waals surface area contributed by atoms with Crippen molar-refractivity contribution in [1.82, 2.24) is 0 Å². The Hall–Kier alpha value is -3.63. The number of benzene rings is 3. The summed E-state index contributed by atoms with van der Waals surface area (Å²) in [5, 5.41) is 22.7. The van der Waals surface area contributed by atoms with Crippen LogP contribution in [0, 0.1) is 11.3 Å². The second-order valence-corrected chi connectivity index (χ2v) is 8.98. The number of furan rings is 1. The molecular weight excluding hydrogens is 430 g/mol. The molecule has 0 amide bonds. The largest absolute Gasteiger partial charge is 0.489 e. The van der Waals surface area contributed by atoms with E-state index in [-0.39, 0.29) is 12.4 Å². The molecule has 6 nitrogen and oxygen atoms in total. The fourth-order valence-corrected chi connectivity index (χ4v) is 4.97. The predicted octanol–water partition coefficient (Wildman–Crippen LogP) is 5.27. The standard InChI is InChI=1S/C28H23NO5/c29-14-19-8-21-11-23(4-5-25(21)26(10-19)20-6-7-31-16-20)32-15-18-2-1-3-22(9-18)28(30)12-24-17-33-27(13-28)34-24/h1-11,16,24,27,30H,12-13,15,17H2/t24-,27+,28+/m1/s1. The molecule has 2 bridgehead atoms. The molecule has 2 aliphatic heterocycles. The number of hydrogen-bond acceptors (Lipinski definition) is 6. The van der Waals surface area contributed by atoms with Crippen LogP contribution in [0.1, 0.15) is 29.5 Å². The molecule has 1 aromatic heterocycles. The molecule has 0 spiro atoms. The Balaban J connectivity index is 1.24. The molecular formula is C28H23NO5. The van der Waals surface area contributed by atoms with E-state index in [4.69, 9.17) is 18.6 Å². The third-order valence-corrected chi connectivity index (χ3v) is 6.64. The lowest BCUT2D eigenvalue weighted by Crippen LogP contribution is -2.39. The lowest BCUT2D eigenvalue weighted by molar-refractivity contribution is -0.159. The maximum absolute atomic E-state index is 11.3. The van der Waals surface area contributed by atoms with Gasteiger partial charge >= 0.3 is 0 Å². The first kappa shape index (κ1) is 20.9. The zero-order valence-corrected chi connectivity index (χ0v) is 18.4. The Bertz CT molecular complexity index is 1380. The summed E-state index contributed by atoms with van der Waals surface area (Å²) < 4.78 is 22.6. The van der Waals surface area contributed by atoms with Gasteiger partial charge in [-0.15, -0.1) is 0 Å². The third kappa shape index (κ3) is 3.84. The minimum atomic E-state index is -0.958. The SMILES string of the molecule is N#Cc1cc(-c2ccoc2)c2ccc(OCc3cccc([C@]4(O)C[C@@H]5CO[C@H](C4)O5)c3)cc2c1. The number of fused-ring (bicyclic) bond motifs is 3. The van der Waals surface area contributed by atoms with E-state index in [1.807, 2.05) is 60.7 Å². The van der Waals surface area contributed by atoms with Gasteiger partial charge in [0.15, 0.2) is 6.29 Å². The number of hydrogen-bond donors (Lipinski definition) is 1. The average molecular weight is 453 g/mol. The number of nitrogens with zero attached hydrogens (tertiary/aromatic N) is 1. The molecule has 2 aliphatic rings. The van der Waals surface area contributed by atoms with Crippen LogP contribution in [0.5, 0.6) is 5.75 Å². The van der Waals surface area contributed by atoms with Crippen LogP contribution >= 0.6 is 0 Å². The number of nitriles is 1. The normalized spacial score (nSPS) is 23.6. The number of rotatable bonds is 5. The molecule has 6 rings (SSSR count). The Labute approximate surface area is 196 Å². The van der Waals surface area contributed by atoms with Gasteiger partial charge in [-0.3, -0.25) is 0 Å². The Kier molecular flexibility index (Phi) is 5.11. The van der Waals surface area contributed by atoms with E-state index in [0.717, 1.165) is 33.0 Å². The van der Waals surface area contributed by atoms with E-state index < -0.39 is 5.60 Å². The second-order valence-electron chi connectivity index (χ2n) is 8.98. The molecule has 2 saturated heterocycles. The molecule has 4 aromatic rings. The highest BCUT2D eigenvalue weighted by Gasteiger charge is 2.45. The molecule has 0 saturated carbocycles. The van der Waals surface area contributed by atoms with Crippen LogP contribution in [-0.4, -0.2) is 24.1 Å². The molecule has 34 heavy (non-hydrogen) atoms. The Morgan fingerprint density at radius 2 is 2.03 bits per heavy atom. The van der Waals surface area contributed by atoms with E-state index in [1.54, 1.807) is 12.5 Å². The van der Waals surface area contributed by atoms with Crippen LogP contribution in [0.2, 0.25) is 0 Å². The van der Waals surface area contributed by atoms with Gasteiger partial charge in [-0.2, -0.15) is 5.26 Å². The van der Waals surface area contributed by atoms with Crippen molar-refractivity contribution in [3.05, 3.63) is 89.9 Å². The van der Waals surface area contributed by atoms with Crippen molar-refractivity contribution >= 4 is 10.8 Å². The molecule has 1 N–H and O–H groups in total. The van der Waals surface area contributed by atoms with Crippen molar-refractivity contribution in [3.63, 3.8) is 0 Å². The minimum Gasteiger partial charge on any atom is -0.489 e. The zero-order chi connectivity index (χ0) is 23.1. The van der Waals surface area contributed by atoms with E-state index >= 15 is 0 Å². The van der Waals surface area contributed by atoms with Gasteiger partial charge in [-0.05, 0) is 63.9 Å². The van der Waals surface area contributed by atoms with Crippen molar-refractivity contribution in [2.75, 3.05) is 6.61 Å². The van der Waals surface area contributed by atoms with Crippen molar-refractivity contribution in [2.24, 2.45) is 0 Å². The summed E-state index contributed by atoms with van der Waals surface area (Å²) in [6.45, 7) is 0.898. The Morgan fingerprint density at radius 3 is 2.85 bits per heavy atom. The van der Waals surface area contributed by atoms with Crippen LogP contribution in [0.3, 0.4) is 0 Å². The van der Waals surface area contributed by atoms with Gasteiger partial charge in [0, 0.05) is 18.4 Å². The molecule has 6 heteroatoms. The van der Waals surface area contributed by atoms with Crippen molar-refractivity contribution in [2.45, 2.75) is 37.4 Å². The predicted molar refractivity (Wildman–Crippen MR) is 125 cm³/mol. The highest BCUT2D eigenvalue weighted by atomic mass is 16.7. The van der Waals surface area contributed by atoms with Crippen LogP contribution in [-0.2, 0) is 21.7 Å². The molecule has 0 radical (unpaired) electrons. The highest BCUT2D eigenvalue weighted by molar-refractivity contribution is 5.98. The topological polar surface area (TPSA) is 84.9 Å². The zero-order valence-electron chi connectivity index (χ0n) is 18.4. The van der Waals surface area contributed by atoms with E-state index in [2.05, 4.69) is 6.07 Å². The molecule has 3 heterocycles. The highest BCUT2D eigenvalue weighted by Crippen LogP contribution is 2.41. The molecule has 0 aliphatic carbocycles. The summed E-state index contributed by atoms with van der Waals surface area (Å²) in [4.78, 5) is 0. The monoisotopic (exact) mass is 453 g/mol. The van der Waals surface area contributed by atoms with Crippen LogP contribution < -0.4 is 4.74 Å². The first-order valence-corrected chi connectivity index (χ1v) is 11.3. The average Bonchev–Trinajstić information content (AvgIpc) is 3.52. The lowest BCUT2D eigenvalue weighted by atomic mass is 9.83. The third-order valence-electron chi connectivity index (χ3n) is 6.64. The van der Waals surface area contributed by atoms with Gasteiger partial charge < -0.3 is 23.7 Å². The fraction of sp³-hybridized carbons (Fsp3) is 0.250. The van der Waals surface area contributed by atoms with Crippen LogP contribution in [0.25, 0.3) is 21.9 Å². The Morgan fingerprint density at radius 1 is 1.09 bits per heavy atom. The smallest absolute Gasteiger partial charge is 0.161 e. The molecule has 170 valence electrons. The summed E-state index contributed by atoms with van der Waals surface area (Å²) in [6, 6.07) is 21.6. The van der Waals surface area contributed by atoms with Gasteiger partial charge in [0.2, 0.25) is 0 Å². The van der Waals surface area contributed by atoms with E-state index in [9.17, 15) is 10.4 Å². The number of ether oxygens (including phenoxy) is 3. The summed E-state index contributed by atoms with van der Waals surface area (Å²) in [7, 11) is 0. The maximum Gasteiger partial charge on any atom is 0.161 e. The minimum absolute atomic E-state index is 0.0634. The van der Waals surface area contributed by atoms with Crippen molar-refractivity contribution in [3.8, 4) is 22.9 Å². The van der Waals surface area contributed by atoms with Crippen molar-refractivity contribution < 1.29 is 23.7 Å². The summed E-state index contributed by atoms with van der Waals surface area (Å²) in [5.41, 5.74) is 3.33. The van der Waals surface area contributed by atoms with Gasteiger partial charge in [0.25, 0.3) is 0 Å². The van der Waals surface area contributed by atoms with Gasteiger partial charge in [-0.25, -0.2) is 0 Å². The van der Waals surface area contributed by atoms with E-state index in [0.29, 0.717) is 37.4 Å². The maximum atomic E-state index is 11.3. The molecule has 3 atom stereocenters. The fourth-order valence-electron chi connectivity index (χ4n) is 4.97. The lowest BCUT2D eigenvalue weighted by Gasteiger charge is -2.35. The van der Waals surface area contributed by atoms with E-state index in [1.165, 1.54) is 0 Å². The van der Waals surface area contributed by atoms with Gasteiger partial charge in [0.1, 0.15) is 12.4 Å². The summed E-state index contributed by atoms with van der Waals surface area (Å²) in [5.74, 6) is 0.711. The van der Waals surface area contributed by atoms with Crippen LogP contribution in [0.4, 0.5) is 0 Å². The van der Waals surface area contributed by atoms with Gasteiger partial charge in [0.05, 0.1) is 42.5 Å². The number of aliphatic hydroxyl groups is 1. The molecule has 0 unspecified atom stereocenters. The van der Waals surface area contributed by atoms with Gasteiger partial charge in [-0.1, -0.05) is 24.3 Å². The summed E-state index contributed by atoms with van der Waals surface area (Å²) >= 11 is 0. The first-order valence-electron chi connectivity index (χ1n) is 11.3. The molecule has 3 aromatic carbocycles. The quantitative estimate of drug-likeness (QED) is 0.443. The summed E-state index contributed by atoms with van der Waals surface area (Å²) in [6.07, 6.45) is 3.85. The van der Waals surface area contributed by atoms with Crippen LogP contribution in [0.15, 0.2) is 77.6 Å². The van der Waals surface area contributed by atoms with Crippen molar-refractivity contribution in [1.29, 1.82) is 5.26 Å². The second kappa shape index (κ2) is 8.30. The molecule has 2 fully saturated rings.